The molecule has 0 bridgehead atoms. The number of oxazole rings is 3. The fourth-order valence-corrected chi connectivity index (χ4v) is 13.9. The Bertz CT molecular complexity index is 4610. The predicted octanol–water partition coefficient (Wildman–Crippen LogP) is 17.7. The fraction of sp³-hybridized carbons (Fsp3) is 0.289. The number of hydrogen-bond donors (Lipinski definition) is 2. The summed E-state index contributed by atoms with van der Waals surface area (Å²) in [4.78, 5) is 46.2. The number of likely N-dealkylation sites (N-methyl/N-ethyl adjacent to an activating group) is 1. The molecule has 12 rings (SSSR count). The van der Waals surface area contributed by atoms with Crippen LogP contribution in [0.15, 0.2) is 207 Å². The molecule has 0 saturated carbocycles. The van der Waals surface area contributed by atoms with Crippen molar-refractivity contribution in [1.29, 1.82) is 0 Å². The summed E-state index contributed by atoms with van der Waals surface area (Å²) in [6.45, 7) is 20.0. The first-order chi connectivity index (χ1) is 50.0. The lowest BCUT2D eigenvalue weighted by molar-refractivity contribution is -0.139. The van der Waals surface area contributed by atoms with Crippen LogP contribution in [0.4, 0.5) is 0 Å². The molecule has 0 fully saturated rings. The van der Waals surface area contributed by atoms with Crippen molar-refractivity contribution in [2.75, 3.05) is 53.1 Å². The number of hydrogen-bond acceptors (Lipinski definition) is 18. The third-order valence-electron chi connectivity index (χ3n) is 16.9. The average Bonchev–Trinajstić information content (AvgIpc) is 1.69. The fourth-order valence-electron chi connectivity index (χ4n) is 12.0. The highest BCUT2D eigenvalue weighted by molar-refractivity contribution is 7.21. The molecule has 12 aromatic rings. The van der Waals surface area contributed by atoms with Crippen molar-refractivity contribution in [3.05, 3.63) is 278 Å². The molecule has 18 nitrogen and oxygen atoms in total. The highest BCUT2D eigenvalue weighted by Crippen LogP contribution is 2.34. The van der Waals surface area contributed by atoms with Crippen LogP contribution in [0, 0.1) is 41.5 Å². The number of nitrogens with zero attached hydrogens (tertiary/aromatic N) is 6. The molecule has 0 spiro atoms. The summed E-state index contributed by atoms with van der Waals surface area (Å²) in [5.41, 5.74) is 8.42. The number of carbonyl (C=O) groups is 2. The van der Waals surface area contributed by atoms with Gasteiger partial charge in [0.2, 0.25) is 0 Å². The van der Waals surface area contributed by atoms with E-state index >= 15 is 0 Å². The van der Waals surface area contributed by atoms with Gasteiger partial charge < -0.3 is 47.1 Å². The molecule has 0 aliphatic heterocycles. The van der Waals surface area contributed by atoms with E-state index in [4.69, 9.17) is 36.9 Å². The molecular weight excluding hydrogens is 1340 g/mol. The van der Waals surface area contributed by atoms with Crippen LogP contribution < -0.4 is 23.7 Å². The number of benzene rings is 7. The number of carboxylic acids is 2. The van der Waals surface area contributed by atoms with Crippen LogP contribution in [0.25, 0.3) is 20.5 Å². The van der Waals surface area contributed by atoms with Crippen molar-refractivity contribution in [1.82, 2.24) is 29.7 Å². The van der Waals surface area contributed by atoms with Gasteiger partial charge in [0.15, 0.2) is 17.7 Å². The third-order valence-corrected chi connectivity index (χ3v) is 19.1. The number of thiophene rings is 2. The largest absolute Gasteiger partial charge is 0.496 e. The van der Waals surface area contributed by atoms with Crippen LogP contribution in [0.2, 0.25) is 0 Å². The van der Waals surface area contributed by atoms with Gasteiger partial charge in [-0.2, -0.15) is 0 Å². The minimum atomic E-state index is -0.867. The van der Waals surface area contributed by atoms with Gasteiger partial charge in [-0.1, -0.05) is 110 Å². The summed E-state index contributed by atoms with van der Waals surface area (Å²) in [6, 6.07) is 62.6. The maximum absolute atomic E-state index is 11.6. The Morgan fingerprint density at radius 3 is 1.46 bits per heavy atom. The van der Waals surface area contributed by atoms with E-state index in [-0.39, 0.29) is 13.1 Å². The predicted molar refractivity (Wildman–Crippen MR) is 404 cm³/mol. The smallest absolute Gasteiger partial charge is 0.317 e. The van der Waals surface area contributed by atoms with E-state index in [0.29, 0.717) is 76.5 Å². The van der Waals surface area contributed by atoms with Gasteiger partial charge in [-0.25, -0.2) is 15.0 Å². The monoisotopic (exact) mass is 1430 g/mol. The van der Waals surface area contributed by atoms with E-state index in [1.54, 1.807) is 29.8 Å². The van der Waals surface area contributed by atoms with Crippen molar-refractivity contribution in [2.45, 2.75) is 107 Å². The first kappa shape index (κ1) is 75.3. The third kappa shape index (κ3) is 23.6. The molecule has 20 heteroatoms. The number of aliphatic carboxylic acids is 2. The Balaban J connectivity index is 0.000000166. The highest BCUT2D eigenvalue weighted by Gasteiger charge is 2.18. The molecule has 0 radical (unpaired) electrons. The lowest BCUT2D eigenvalue weighted by Crippen LogP contribution is -2.29. The lowest BCUT2D eigenvalue weighted by atomic mass is 10.0. The molecule has 0 amide bonds. The molecule has 7 aromatic carbocycles. The Labute approximate surface area is 610 Å². The summed E-state index contributed by atoms with van der Waals surface area (Å²) < 4.78 is 45.6. The standard InChI is InChI=1S/C30H34N2O3.C28H30N2O5.C25H26N2O4S2/c1-4-32(22-26-12-16-29(17-13-26)35-28-8-6-5-7-9-28)20-18-25-10-14-27(15-11-25)33-21-19-30-23(2)34-24(3)31-30;1-19-26(29-20(2)35-19)13-14-34-23-8-6-7-21(15-23)16-30(18-28(31)32)17-22-11-12-27(33-3)25-10-5-4-9-24(22)25;1-17-22(26-18(2)31-17)10-11-30-20-6-3-5-19(13-20)14-27(16-25(28)29)15-21-8-9-24(33-21)23-7-4-12-32-23/h5-17H,4,18-22H2,1-3H3;4-12,15H,13-14,16-18H2,1-3H3,(H,31,32);3-9,12-13H,10-11,14-16H2,1-2H3,(H,28,29). The second kappa shape index (κ2) is 38.1. The summed E-state index contributed by atoms with van der Waals surface area (Å²) in [5, 5.41) is 23.1. The van der Waals surface area contributed by atoms with Crippen molar-refractivity contribution < 1.29 is 56.7 Å². The first-order valence-corrected chi connectivity index (χ1v) is 36.2. The summed E-state index contributed by atoms with van der Waals surface area (Å²) in [5.74, 6) is 7.73. The van der Waals surface area contributed by atoms with Crippen LogP contribution in [-0.4, -0.2) is 105 Å². The molecule has 0 aliphatic carbocycles. The molecule has 0 atom stereocenters. The van der Waals surface area contributed by atoms with Crippen LogP contribution in [0.5, 0.6) is 34.5 Å². The molecule has 103 heavy (non-hydrogen) atoms. The maximum Gasteiger partial charge on any atom is 0.317 e. The van der Waals surface area contributed by atoms with E-state index in [1.165, 1.54) is 20.9 Å². The van der Waals surface area contributed by atoms with Gasteiger partial charge in [0.1, 0.15) is 51.8 Å². The van der Waals surface area contributed by atoms with Gasteiger partial charge in [0, 0.05) is 99.3 Å². The second-order valence-corrected chi connectivity index (χ2v) is 27.0. The van der Waals surface area contributed by atoms with E-state index in [0.717, 1.165) is 134 Å². The number of aromatic nitrogens is 3. The molecule has 5 aromatic heterocycles. The van der Waals surface area contributed by atoms with E-state index < -0.39 is 11.9 Å². The van der Waals surface area contributed by atoms with Gasteiger partial charge in [-0.3, -0.25) is 24.3 Å². The summed E-state index contributed by atoms with van der Waals surface area (Å²) in [7, 11) is 1.65. The zero-order valence-electron chi connectivity index (χ0n) is 59.8. The topological polar surface area (TPSA) is 209 Å². The van der Waals surface area contributed by atoms with Crippen LogP contribution in [0.3, 0.4) is 0 Å². The summed E-state index contributed by atoms with van der Waals surface area (Å²) in [6.07, 6.45) is 3.07. The second-order valence-electron chi connectivity index (χ2n) is 24.9. The van der Waals surface area contributed by atoms with Gasteiger partial charge >= 0.3 is 11.9 Å². The van der Waals surface area contributed by atoms with Crippen molar-refractivity contribution >= 4 is 45.4 Å². The number of aryl methyl sites for hydroxylation is 6. The zero-order chi connectivity index (χ0) is 72.5. The Morgan fingerprint density at radius 1 is 0.447 bits per heavy atom. The van der Waals surface area contributed by atoms with E-state index in [2.05, 4.69) is 86.8 Å². The van der Waals surface area contributed by atoms with Gasteiger partial charge in [-0.15, -0.1) is 22.7 Å². The first-order valence-electron chi connectivity index (χ1n) is 34.5. The number of ether oxygens (including phenoxy) is 5. The van der Waals surface area contributed by atoms with Gasteiger partial charge in [0.05, 0.1) is 57.1 Å². The maximum atomic E-state index is 11.6. The minimum Gasteiger partial charge on any atom is -0.496 e. The molecule has 2 N–H and O–H groups in total. The van der Waals surface area contributed by atoms with Crippen molar-refractivity contribution in [3.63, 3.8) is 0 Å². The Kier molecular flexibility index (Phi) is 27.8. The quantitative estimate of drug-likeness (QED) is 0.0384. The normalized spacial score (nSPS) is 11.2. The Morgan fingerprint density at radius 2 is 0.942 bits per heavy atom. The average molecular weight is 1430 g/mol. The molecule has 0 unspecified atom stereocenters. The van der Waals surface area contributed by atoms with Crippen molar-refractivity contribution in [2.24, 2.45) is 0 Å². The van der Waals surface area contributed by atoms with Crippen molar-refractivity contribution in [3.8, 4) is 44.3 Å². The molecular formula is C83H90N6O12S2. The van der Waals surface area contributed by atoms with Gasteiger partial charge in [-0.05, 0) is 157 Å². The number of carboxylic acid groups (broad SMARTS) is 2. The summed E-state index contributed by atoms with van der Waals surface area (Å²) >= 11 is 3.42. The molecule has 0 aliphatic rings. The Hall–Kier alpha value is -10.4. The SMILES string of the molecule is CCN(CCc1ccc(OCCc2nc(C)oc2C)cc1)Cc1ccc(Oc2ccccc2)cc1.COc1ccc(CN(CC(=O)O)Cc2cccc(OCCc3nc(C)oc3C)c2)c2ccccc12.Cc1nc(CCOc2cccc(CN(CC(=O)O)Cc3ccc(-c4cccs4)s3)c2)c(C)o1. The lowest BCUT2D eigenvalue weighted by Gasteiger charge is -2.22. The van der Waals surface area contributed by atoms with Crippen LogP contribution in [-0.2, 0) is 68.0 Å². The minimum absolute atomic E-state index is 0.0257. The van der Waals surface area contributed by atoms with Crippen LogP contribution in [0.1, 0.15) is 91.7 Å². The van der Waals surface area contributed by atoms with Crippen LogP contribution >= 0.6 is 22.7 Å². The molecule has 5 heterocycles. The van der Waals surface area contributed by atoms with E-state index in [1.807, 2.05) is 185 Å². The highest BCUT2D eigenvalue weighted by atomic mass is 32.1. The zero-order valence-corrected chi connectivity index (χ0v) is 61.4. The molecule has 0 saturated heterocycles. The number of fused-ring (bicyclic) bond motifs is 1. The van der Waals surface area contributed by atoms with E-state index in [9.17, 15) is 19.8 Å². The number of methoxy groups -OCH3 is 1. The van der Waals surface area contributed by atoms with Gasteiger partial charge in [0.25, 0.3) is 0 Å². The number of para-hydroxylation sites is 1. The molecule has 536 valence electrons. The number of rotatable bonds is 34.